The van der Waals surface area contributed by atoms with Gasteiger partial charge in [0.15, 0.2) is 0 Å². The van der Waals surface area contributed by atoms with Crippen LogP contribution in [0.3, 0.4) is 0 Å². The number of urea groups is 1. The first-order valence-electron chi connectivity index (χ1n) is 12.3. The Morgan fingerprint density at radius 3 is 2.62 bits per heavy atom. The summed E-state index contributed by atoms with van der Waals surface area (Å²) in [5.74, 6) is 0.0512. The Hall–Kier alpha value is -3.43. The van der Waals surface area contributed by atoms with Gasteiger partial charge in [-0.25, -0.2) is 9.18 Å². The lowest BCUT2D eigenvalue weighted by Crippen LogP contribution is -2.49. The molecule has 3 aromatic rings. The van der Waals surface area contributed by atoms with Crippen molar-refractivity contribution in [3.05, 3.63) is 81.8 Å². The molecule has 0 spiro atoms. The summed E-state index contributed by atoms with van der Waals surface area (Å²) in [4.78, 5) is 31.3. The van der Waals surface area contributed by atoms with Crippen LogP contribution in [0.5, 0.6) is 5.75 Å². The molecule has 0 aliphatic carbocycles. The lowest BCUT2D eigenvalue weighted by Gasteiger charge is -2.37. The van der Waals surface area contributed by atoms with Gasteiger partial charge in [-0.3, -0.25) is 4.79 Å². The van der Waals surface area contributed by atoms with E-state index in [1.807, 2.05) is 42.6 Å². The number of hydrogen-bond acceptors (Lipinski definition) is 5. The van der Waals surface area contributed by atoms with E-state index in [0.29, 0.717) is 37.6 Å². The maximum absolute atomic E-state index is 13.6. The van der Waals surface area contributed by atoms with E-state index in [0.717, 1.165) is 17.5 Å². The zero-order valence-electron chi connectivity index (χ0n) is 21.1. The quantitative estimate of drug-likeness (QED) is 0.366. The van der Waals surface area contributed by atoms with E-state index in [1.165, 1.54) is 21.9 Å². The van der Waals surface area contributed by atoms with Gasteiger partial charge in [-0.05, 0) is 73.2 Å². The maximum atomic E-state index is 13.6. The summed E-state index contributed by atoms with van der Waals surface area (Å²) in [6, 6.07) is 14.8. The highest BCUT2D eigenvalue weighted by Gasteiger charge is 2.33. The number of methoxy groups -OCH3 is 1. The van der Waals surface area contributed by atoms with Gasteiger partial charge in [0.25, 0.3) is 0 Å². The Morgan fingerprint density at radius 1 is 1.14 bits per heavy atom. The fourth-order valence-electron chi connectivity index (χ4n) is 4.33. The van der Waals surface area contributed by atoms with Crippen molar-refractivity contribution in [3.8, 4) is 5.75 Å². The molecule has 0 saturated carbocycles. The van der Waals surface area contributed by atoms with E-state index in [9.17, 15) is 14.0 Å². The van der Waals surface area contributed by atoms with Crippen molar-refractivity contribution in [2.75, 3.05) is 45.3 Å². The third-order valence-electron chi connectivity index (χ3n) is 6.33. The van der Waals surface area contributed by atoms with Crippen molar-refractivity contribution in [1.82, 2.24) is 9.80 Å². The SMILES string of the molecule is COCCCN(CC(=O)N1CCc2sccc2C1COc1ccc(F)cc1)C(=O)Nc1ccc(C)cc1. The lowest BCUT2D eigenvalue weighted by atomic mass is 10.0. The van der Waals surface area contributed by atoms with Crippen molar-refractivity contribution >= 4 is 29.0 Å². The summed E-state index contributed by atoms with van der Waals surface area (Å²) >= 11 is 1.67. The molecule has 0 fully saturated rings. The average molecular weight is 526 g/mol. The largest absolute Gasteiger partial charge is 0.491 e. The number of carbonyl (C=O) groups is 2. The summed E-state index contributed by atoms with van der Waals surface area (Å²) in [5.41, 5.74) is 2.82. The number of nitrogens with zero attached hydrogens (tertiary/aromatic N) is 2. The van der Waals surface area contributed by atoms with Crippen LogP contribution >= 0.6 is 11.3 Å². The van der Waals surface area contributed by atoms with Crippen LogP contribution < -0.4 is 10.1 Å². The fraction of sp³-hybridized carbons (Fsp3) is 0.357. The first-order chi connectivity index (χ1) is 17.9. The third kappa shape index (κ3) is 7.08. The highest BCUT2D eigenvalue weighted by molar-refractivity contribution is 7.10. The third-order valence-corrected chi connectivity index (χ3v) is 7.33. The number of halogens is 1. The van der Waals surface area contributed by atoms with E-state index < -0.39 is 0 Å². The molecule has 37 heavy (non-hydrogen) atoms. The number of nitrogens with one attached hydrogen (secondary N) is 1. The van der Waals surface area contributed by atoms with E-state index >= 15 is 0 Å². The Labute approximate surface area is 220 Å². The van der Waals surface area contributed by atoms with Gasteiger partial charge in [-0.2, -0.15) is 0 Å². The molecule has 1 aliphatic heterocycles. The second-order valence-electron chi connectivity index (χ2n) is 8.98. The molecular weight excluding hydrogens is 493 g/mol. The molecule has 3 amide bonds. The number of benzene rings is 2. The summed E-state index contributed by atoms with van der Waals surface area (Å²) in [6.45, 7) is 3.56. The van der Waals surface area contributed by atoms with Gasteiger partial charge in [0.05, 0.1) is 6.04 Å². The monoisotopic (exact) mass is 525 g/mol. The number of rotatable bonds is 10. The number of aryl methyl sites for hydroxylation is 1. The molecule has 1 unspecified atom stereocenters. The van der Waals surface area contributed by atoms with E-state index in [4.69, 9.17) is 9.47 Å². The van der Waals surface area contributed by atoms with Crippen molar-refractivity contribution in [1.29, 1.82) is 0 Å². The van der Waals surface area contributed by atoms with Gasteiger partial charge < -0.3 is 24.6 Å². The second-order valence-corrected chi connectivity index (χ2v) is 9.98. The maximum Gasteiger partial charge on any atom is 0.322 e. The van der Waals surface area contributed by atoms with Crippen LogP contribution in [0.25, 0.3) is 0 Å². The van der Waals surface area contributed by atoms with Crippen LogP contribution in [0.4, 0.5) is 14.9 Å². The number of ether oxygens (including phenoxy) is 2. The first kappa shape index (κ1) is 26.6. The summed E-state index contributed by atoms with van der Waals surface area (Å²) in [6.07, 6.45) is 1.36. The smallest absolute Gasteiger partial charge is 0.322 e. The molecule has 1 N–H and O–H groups in total. The van der Waals surface area contributed by atoms with Gasteiger partial charge in [-0.15, -0.1) is 11.3 Å². The minimum atomic E-state index is -0.334. The summed E-state index contributed by atoms with van der Waals surface area (Å²) in [7, 11) is 1.61. The van der Waals surface area contributed by atoms with Gasteiger partial charge in [-0.1, -0.05) is 17.7 Å². The second kappa shape index (κ2) is 12.7. The van der Waals surface area contributed by atoms with Crippen molar-refractivity contribution in [2.24, 2.45) is 0 Å². The molecule has 1 aliphatic rings. The molecule has 2 heterocycles. The molecule has 2 aromatic carbocycles. The number of hydrogen-bond donors (Lipinski definition) is 1. The van der Waals surface area contributed by atoms with Gasteiger partial charge in [0.1, 0.15) is 24.7 Å². The van der Waals surface area contributed by atoms with Crippen LogP contribution in [0.1, 0.15) is 28.5 Å². The molecular formula is C28H32FN3O4S. The number of fused-ring (bicyclic) bond motifs is 1. The zero-order valence-corrected chi connectivity index (χ0v) is 21.9. The number of thiophene rings is 1. The molecule has 0 radical (unpaired) electrons. The molecule has 4 rings (SSSR count). The average Bonchev–Trinajstić information content (AvgIpc) is 3.38. The Morgan fingerprint density at radius 2 is 1.89 bits per heavy atom. The molecule has 1 aromatic heterocycles. The number of amides is 3. The normalized spacial score (nSPS) is 14.7. The summed E-state index contributed by atoms with van der Waals surface area (Å²) < 4.78 is 24.4. The first-order valence-corrected chi connectivity index (χ1v) is 13.2. The van der Waals surface area contributed by atoms with Crippen molar-refractivity contribution in [2.45, 2.75) is 25.8 Å². The van der Waals surface area contributed by atoms with E-state index in [2.05, 4.69) is 5.32 Å². The zero-order chi connectivity index (χ0) is 26.2. The van der Waals surface area contributed by atoms with Gasteiger partial charge in [0.2, 0.25) is 5.91 Å². The summed E-state index contributed by atoms with van der Waals surface area (Å²) in [5, 5.41) is 4.92. The predicted molar refractivity (Wildman–Crippen MR) is 143 cm³/mol. The Kier molecular flexibility index (Phi) is 9.14. The predicted octanol–water partition coefficient (Wildman–Crippen LogP) is 5.27. The van der Waals surface area contributed by atoms with Crippen LogP contribution in [0, 0.1) is 12.7 Å². The lowest BCUT2D eigenvalue weighted by molar-refractivity contribution is -0.135. The van der Waals surface area contributed by atoms with Crippen molar-refractivity contribution < 1.29 is 23.5 Å². The highest BCUT2D eigenvalue weighted by atomic mass is 32.1. The molecule has 0 saturated heterocycles. The van der Waals surface area contributed by atoms with Gasteiger partial charge in [0, 0.05) is 37.4 Å². The van der Waals surface area contributed by atoms with Crippen LogP contribution in [0.15, 0.2) is 60.0 Å². The van der Waals surface area contributed by atoms with Crippen LogP contribution in [0.2, 0.25) is 0 Å². The Balaban J connectivity index is 1.47. The van der Waals surface area contributed by atoms with Crippen LogP contribution in [-0.2, 0) is 16.0 Å². The Bertz CT molecular complexity index is 1180. The van der Waals surface area contributed by atoms with E-state index in [1.54, 1.807) is 35.5 Å². The number of carbonyl (C=O) groups excluding carboxylic acids is 2. The molecule has 7 nitrogen and oxygen atoms in total. The molecule has 1 atom stereocenters. The minimum absolute atomic E-state index is 0.0616. The standard InChI is InChI=1S/C28H32FN3O4S/c1-20-4-8-22(9-5-20)30-28(34)31(14-3-16-35-2)18-27(33)32-15-12-26-24(13-17-37-26)25(32)19-36-23-10-6-21(29)7-11-23/h4-11,13,17,25H,3,12,14-16,18-19H2,1-2H3,(H,30,34). The fourth-order valence-corrected chi connectivity index (χ4v) is 5.25. The topological polar surface area (TPSA) is 71.1 Å². The highest BCUT2D eigenvalue weighted by Crippen LogP contribution is 2.34. The molecule has 0 bridgehead atoms. The van der Waals surface area contributed by atoms with E-state index in [-0.39, 0.29) is 36.9 Å². The molecule has 9 heteroatoms. The number of anilines is 1. The van der Waals surface area contributed by atoms with Crippen LogP contribution in [-0.4, -0.2) is 61.7 Å². The molecule has 196 valence electrons. The van der Waals surface area contributed by atoms with Crippen molar-refractivity contribution in [3.63, 3.8) is 0 Å². The van der Waals surface area contributed by atoms with Gasteiger partial charge >= 0.3 is 6.03 Å². The minimum Gasteiger partial charge on any atom is -0.491 e.